The molecule has 0 radical (unpaired) electrons. The van der Waals surface area contributed by atoms with Crippen LogP contribution in [0.2, 0.25) is 0 Å². The van der Waals surface area contributed by atoms with Crippen LogP contribution in [0.3, 0.4) is 0 Å². The minimum absolute atomic E-state index is 0.951. The number of aromatic nitrogens is 1. The van der Waals surface area contributed by atoms with Crippen molar-refractivity contribution >= 4 is 10.9 Å². The molecular weight excluding hydrogens is 238 g/mol. The number of fused-ring (bicyclic) bond motifs is 1. The van der Waals surface area contributed by atoms with Crippen molar-refractivity contribution in [2.45, 2.75) is 6.54 Å². The molecule has 0 spiro atoms. The van der Waals surface area contributed by atoms with Crippen molar-refractivity contribution in [3.05, 3.63) is 30.0 Å². The van der Waals surface area contributed by atoms with Gasteiger partial charge in [0.15, 0.2) is 0 Å². The first kappa shape index (κ1) is 12.5. The smallest absolute Gasteiger partial charge is 0.143 e. The van der Waals surface area contributed by atoms with Gasteiger partial charge in [-0.05, 0) is 11.6 Å². The summed E-state index contributed by atoms with van der Waals surface area (Å²) >= 11 is 0. The van der Waals surface area contributed by atoms with Crippen LogP contribution in [0.1, 0.15) is 5.56 Å². The maximum absolute atomic E-state index is 5.47. The fourth-order valence-corrected chi connectivity index (χ4v) is 2.91. The molecule has 0 aliphatic carbocycles. The van der Waals surface area contributed by atoms with Crippen molar-refractivity contribution < 1.29 is 4.74 Å². The molecule has 1 aromatic heterocycles. The molecule has 1 fully saturated rings. The van der Waals surface area contributed by atoms with Crippen molar-refractivity contribution in [3.8, 4) is 5.75 Å². The van der Waals surface area contributed by atoms with Gasteiger partial charge in [-0.1, -0.05) is 12.1 Å². The number of hydrogen-bond acceptors (Lipinski definition) is 3. The van der Waals surface area contributed by atoms with Crippen LogP contribution in [0.15, 0.2) is 24.4 Å². The van der Waals surface area contributed by atoms with Gasteiger partial charge >= 0.3 is 0 Å². The number of rotatable bonds is 3. The summed E-state index contributed by atoms with van der Waals surface area (Å²) in [4.78, 5) is 2.50. The van der Waals surface area contributed by atoms with E-state index in [0.717, 1.165) is 38.5 Å². The lowest BCUT2D eigenvalue weighted by atomic mass is 10.1. The van der Waals surface area contributed by atoms with E-state index >= 15 is 0 Å². The van der Waals surface area contributed by atoms with E-state index in [4.69, 9.17) is 4.74 Å². The Bertz CT molecular complexity index is 570. The largest absolute Gasteiger partial charge is 0.495 e. The molecule has 1 aliphatic heterocycles. The van der Waals surface area contributed by atoms with Gasteiger partial charge in [-0.15, -0.1) is 0 Å². The van der Waals surface area contributed by atoms with Crippen molar-refractivity contribution in [2.75, 3.05) is 33.3 Å². The molecule has 102 valence electrons. The number of methoxy groups -OCH3 is 1. The Morgan fingerprint density at radius 2 is 2.05 bits per heavy atom. The maximum atomic E-state index is 5.47. The average molecular weight is 259 g/mol. The van der Waals surface area contributed by atoms with E-state index in [2.05, 4.69) is 40.2 Å². The van der Waals surface area contributed by atoms with Gasteiger partial charge in [-0.2, -0.15) is 0 Å². The molecule has 3 rings (SSSR count). The standard InChI is InChI=1S/C15H21N3O/c1-17-10-12(11-18-8-6-16-7-9-18)13-4-3-5-14(19-2)15(13)17/h3-5,10,16H,6-9,11H2,1-2H3. The van der Waals surface area contributed by atoms with Gasteiger partial charge in [0, 0.05) is 51.4 Å². The lowest BCUT2D eigenvalue weighted by Gasteiger charge is -2.26. The predicted octanol–water partition coefficient (Wildman–Crippen LogP) is 1.59. The molecule has 4 nitrogen and oxygen atoms in total. The second-order valence-corrected chi connectivity index (χ2v) is 5.15. The minimum Gasteiger partial charge on any atom is -0.495 e. The fourth-order valence-electron chi connectivity index (χ4n) is 2.91. The van der Waals surface area contributed by atoms with E-state index in [1.807, 2.05) is 6.07 Å². The molecule has 1 saturated heterocycles. The quantitative estimate of drug-likeness (QED) is 0.908. The molecule has 2 aromatic rings. The summed E-state index contributed by atoms with van der Waals surface area (Å²) in [5.74, 6) is 0.951. The number of hydrogen-bond donors (Lipinski definition) is 1. The summed E-state index contributed by atoms with van der Waals surface area (Å²) in [6.07, 6.45) is 2.23. The highest BCUT2D eigenvalue weighted by molar-refractivity contribution is 5.89. The third-order valence-corrected chi connectivity index (χ3v) is 3.87. The average Bonchev–Trinajstić information content (AvgIpc) is 2.77. The first-order valence-corrected chi connectivity index (χ1v) is 6.83. The van der Waals surface area contributed by atoms with E-state index in [1.54, 1.807) is 7.11 Å². The monoisotopic (exact) mass is 259 g/mol. The normalized spacial score (nSPS) is 16.9. The summed E-state index contributed by atoms with van der Waals surface area (Å²) in [6, 6.07) is 6.29. The molecule has 1 aromatic carbocycles. The van der Waals surface area contributed by atoms with Gasteiger partial charge in [-0.3, -0.25) is 4.90 Å². The van der Waals surface area contributed by atoms with Crippen molar-refractivity contribution in [2.24, 2.45) is 7.05 Å². The van der Waals surface area contributed by atoms with Gasteiger partial charge in [0.2, 0.25) is 0 Å². The number of aryl methyl sites for hydroxylation is 1. The van der Waals surface area contributed by atoms with E-state index in [9.17, 15) is 0 Å². The molecule has 2 heterocycles. The molecule has 1 aliphatic rings. The Morgan fingerprint density at radius 3 is 2.79 bits per heavy atom. The van der Waals surface area contributed by atoms with Crippen molar-refractivity contribution in [1.29, 1.82) is 0 Å². The highest BCUT2D eigenvalue weighted by Gasteiger charge is 2.15. The number of piperazine rings is 1. The molecule has 19 heavy (non-hydrogen) atoms. The molecule has 0 bridgehead atoms. The summed E-state index contributed by atoms with van der Waals surface area (Å²) in [7, 11) is 3.82. The van der Waals surface area contributed by atoms with Crippen LogP contribution in [-0.4, -0.2) is 42.8 Å². The summed E-state index contributed by atoms with van der Waals surface area (Å²) < 4.78 is 7.64. The van der Waals surface area contributed by atoms with Crippen LogP contribution >= 0.6 is 0 Å². The van der Waals surface area contributed by atoms with E-state index in [-0.39, 0.29) is 0 Å². The lowest BCUT2D eigenvalue weighted by Crippen LogP contribution is -2.42. The van der Waals surface area contributed by atoms with Gasteiger partial charge in [0.25, 0.3) is 0 Å². The zero-order valence-electron chi connectivity index (χ0n) is 11.6. The van der Waals surface area contributed by atoms with Crippen LogP contribution in [0.5, 0.6) is 5.75 Å². The van der Waals surface area contributed by atoms with Crippen LogP contribution in [0.25, 0.3) is 10.9 Å². The molecular formula is C15H21N3O. The Hall–Kier alpha value is -1.52. The van der Waals surface area contributed by atoms with Crippen LogP contribution < -0.4 is 10.1 Å². The molecule has 0 amide bonds. The Kier molecular flexibility index (Phi) is 3.44. The lowest BCUT2D eigenvalue weighted by molar-refractivity contribution is 0.234. The van der Waals surface area contributed by atoms with E-state index in [1.165, 1.54) is 16.5 Å². The summed E-state index contributed by atoms with van der Waals surface area (Å²) in [5, 5.41) is 4.70. The van der Waals surface area contributed by atoms with Crippen LogP contribution in [0.4, 0.5) is 0 Å². The Balaban J connectivity index is 1.95. The van der Waals surface area contributed by atoms with Gasteiger partial charge < -0.3 is 14.6 Å². The Morgan fingerprint density at radius 1 is 1.26 bits per heavy atom. The third-order valence-electron chi connectivity index (χ3n) is 3.87. The fraction of sp³-hybridized carbons (Fsp3) is 0.467. The highest BCUT2D eigenvalue weighted by atomic mass is 16.5. The zero-order valence-corrected chi connectivity index (χ0v) is 11.6. The van der Waals surface area contributed by atoms with Crippen molar-refractivity contribution in [1.82, 2.24) is 14.8 Å². The van der Waals surface area contributed by atoms with Gasteiger partial charge in [-0.25, -0.2) is 0 Å². The molecule has 0 saturated carbocycles. The molecule has 0 atom stereocenters. The van der Waals surface area contributed by atoms with Crippen molar-refractivity contribution in [3.63, 3.8) is 0 Å². The first-order chi connectivity index (χ1) is 9.29. The number of ether oxygens (including phenoxy) is 1. The summed E-state index contributed by atoms with van der Waals surface area (Å²) in [6.45, 7) is 5.45. The number of nitrogens with one attached hydrogen (secondary N) is 1. The third kappa shape index (κ3) is 2.33. The Labute approximate surface area is 114 Å². The molecule has 4 heteroatoms. The first-order valence-electron chi connectivity index (χ1n) is 6.83. The second kappa shape index (κ2) is 5.23. The SMILES string of the molecule is COc1cccc2c(CN3CCNCC3)cn(C)c12. The second-order valence-electron chi connectivity index (χ2n) is 5.15. The number of benzene rings is 1. The van der Waals surface area contributed by atoms with Gasteiger partial charge in [0.1, 0.15) is 5.75 Å². The predicted molar refractivity (Wildman–Crippen MR) is 77.6 cm³/mol. The molecule has 0 unspecified atom stereocenters. The maximum Gasteiger partial charge on any atom is 0.143 e. The zero-order chi connectivity index (χ0) is 13.2. The minimum atomic E-state index is 0.951. The number of para-hydroxylation sites is 1. The number of nitrogens with zero attached hydrogens (tertiary/aromatic N) is 2. The topological polar surface area (TPSA) is 29.4 Å². The summed E-state index contributed by atoms with van der Waals surface area (Å²) in [5.41, 5.74) is 2.58. The van der Waals surface area contributed by atoms with Gasteiger partial charge in [0.05, 0.1) is 12.6 Å². The van der Waals surface area contributed by atoms with Crippen LogP contribution in [0, 0.1) is 0 Å². The van der Waals surface area contributed by atoms with Crippen LogP contribution in [-0.2, 0) is 13.6 Å². The van der Waals surface area contributed by atoms with E-state index in [0.29, 0.717) is 0 Å². The highest BCUT2D eigenvalue weighted by Crippen LogP contribution is 2.29. The molecule has 1 N–H and O–H groups in total. The van der Waals surface area contributed by atoms with E-state index < -0.39 is 0 Å².